The van der Waals surface area contributed by atoms with Crippen LogP contribution in [0.4, 0.5) is 18.9 Å². The van der Waals surface area contributed by atoms with E-state index < -0.39 is 23.9 Å². The molecule has 2 aromatic rings. The predicted molar refractivity (Wildman–Crippen MR) is 92.8 cm³/mol. The van der Waals surface area contributed by atoms with Crippen LogP contribution in [0, 0.1) is 0 Å². The minimum atomic E-state index is -4.81. The lowest BCUT2D eigenvalue weighted by Gasteiger charge is -2.10. The van der Waals surface area contributed by atoms with Crippen LogP contribution in [0.2, 0.25) is 0 Å². The molecule has 0 unspecified atom stereocenters. The highest BCUT2D eigenvalue weighted by molar-refractivity contribution is 7.14. The average molecular weight is 400 g/mol. The molecule has 1 aromatic carbocycles. The van der Waals surface area contributed by atoms with E-state index in [4.69, 9.17) is 0 Å². The summed E-state index contributed by atoms with van der Waals surface area (Å²) in [5.41, 5.74) is 0.147. The van der Waals surface area contributed by atoms with Crippen LogP contribution >= 0.6 is 11.3 Å². The SMILES string of the molecule is CC(=O)c1ccc(CCNC(=O)C(=O)Nc2ccc(OC(F)(F)F)cc2)s1. The molecule has 144 valence electrons. The molecule has 0 fully saturated rings. The van der Waals surface area contributed by atoms with Crippen LogP contribution in [-0.2, 0) is 16.0 Å². The molecule has 1 aromatic heterocycles. The van der Waals surface area contributed by atoms with Crippen molar-refractivity contribution in [3.8, 4) is 5.75 Å². The summed E-state index contributed by atoms with van der Waals surface area (Å²) in [5, 5.41) is 4.70. The fraction of sp³-hybridized carbons (Fsp3) is 0.235. The van der Waals surface area contributed by atoms with Crippen molar-refractivity contribution in [3.05, 3.63) is 46.2 Å². The smallest absolute Gasteiger partial charge is 0.406 e. The minimum Gasteiger partial charge on any atom is -0.406 e. The Bertz CT molecular complexity index is 831. The molecule has 0 spiro atoms. The number of halogens is 3. The number of hydrogen-bond donors (Lipinski definition) is 2. The summed E-state index contributed by atoms with van der Waals surface area (Å²) in [4.78, 5) is 36.3. The predicted octanol–water partition coefficient (Wildman–Crippen LogP) is 3.15. The molecule has 0 atom stereocenters. The summed E-state index contributed by atoms with van der Waals surface area (Å²) < 4.78 is 39.9. The van der Waals surface area contributed by atoms with Crippen LogP contribution in [-0.4, -0.2) is 30.5 Å². The molecule has 0 saturated heterocycles. The van der Waals surface area contributed by atoms with Crippen LogP contribution in [0.5, 0.6) is 5.75 Å². The Kier molecular flexibility index (Phi) is 6.56. The molecule has 0 aliphatic heterocycles. The Labute approximate surface area is 156 Å². The molecule has 0 radical (unpaired) electrons. The van der Waals surface area contributed by atoms with Gasteiger partial charge in [-0.15, -0.1) is 24.5 Å². The Morgan fingerprint density at radius 1 is 1.04 bits per heavy atom. The molecule has 0 saturated carbocycles. The largest absolute Gasteiger partial charge is 0.573 e. The van der Waals surface area contributed by atoms with E-state index in [1.54, 1.807) is 12.1 Å². The first-order chi connectivity index (χ1) is 12.6. The zero-order valence-corrected chi connectivity index (χ0v) is 14.9. The first kappa shape index (κ1) is 20.4. The third-order valence-electron chi connectivity index (χ3n) is 3.22. The summed E-state index contributed by atoms with van der Waals surface area (Å²) in [6.45, 7) is 1.66. The van der Waals surface area contributed by atoms with Crippen molar-refractivity contribution in [1.82, 2.24) is 5.32 Å². The standard InChI is InChI=1S/C17H15F3N2O4S/c1-10(23)14-7-6-13(27-14)8-9-21-15(24)16(25)22-11-2-4-12(5-3-11)26-17(18,19)20/h2-7H,8-9H2,1H3,(H,21,24)(H,22,25). The van der Waals surface area contributed by atoms with Gasteiger partial charge in [-0.25, -0.2) is 0 Å². The highest BCUT2D eigenvalue weighted by atomic mass is 32.1. The Hall–Kier alpha value is -2.88. The average Bonchev–Trinajstić information content (AvgIpc) is 3.04. The molecule has 2 amide bonds. The number of thiophene rings is 1. The first-order valence-electron chi connectivity index (χ1n) is 7.68. The number of benzene rings is 1. The number of Topliss-reactive ketones (excluding diaryl/α,β-unsaturated/α-hetero) is 1. The molecule has 10 heteroatoms. The van der Waals surface area contributed by atoms with E-state index in [2.05, 4.69) is 15.4 Å². The van der Waals surface area contributed by atoms with E-state index in [0.29, 0.717) is 11.3 Å². The maximum atomic E-state index is 12.1. The van der Waals surface area contributed by atoms with Gasteiger partial charge in [-0.1, -0.05) is 0 Å². The molecule has 2 N–H and O–H groups in total. The molecule has 0 aliphatic carbocycles. The van der Waals surface area contributed by atoms with Crippen LogP contribution in [0.1, 0.15) is 21.5 Å². The Morgan fingerprint density at radius 2 is 1.70 bits per heavy atom. The van der Waals surface area contributed by atoms with Gasteiger partial charge >= 0.3 is 18.2 Å². The normalized spacial score (nSPS) is 11.0. The number of rotatable bonds is 6. The highest BCUT2D eigenvalue weighted by Gasteiger charge is 2.31. The molecule has 2 rings (SSSR count). The zero-order valence-electron chi connectivity index (χ0n) is 14.1. The van der Waals surface area contributed by atoms with Crippen molar-refractivity contribution in [2.75, 3.05) is 11.9 Å². The molecule has 6 nitrogen and oxygen atoms in total. The van der Waals surface area contributed by atoms with Crippen LogP contribution in [0.25, 0.3) is 0 Å². The van der Waals surface area contributed by atoms with E-state index in [1.165, 1.54) is 30.4 Å². The van der Waals surface area contributed by atoms with Crippen molar-refractivity contribution < 1.29 is 32.3 Å². The third-order valence-corrected chi connectivity index (χ3v) is 4.46. The lowest BCUT2D eigenvalue weighted by Crippen LogP contribution is -2.36. The fourth-order valence-electron chi connectivity index (χ4n) is 2.01. The quantitative estimate of drug-likeness (QED) is 0.576. The van der Waals surface area contributed by atoms with Crippen LogP contribution < -0.4 is 15.4 Å². The molecule has 1 heterocycles. The third kappa shape index (κ3) is 6.74. The van der Waals surface area contributed by atoms with Gasteiger partial charge in [0.2, 0.25) is 0 Å². The lowest BCUT2D eigenvalue weighted by atomic mass is 10.3. The number of nitrogens with one attached hydrogen (secondary N) is 2. The Morgan fingerprint density at radius 3 is 2.26 bits per heavy atom. The second-order valence-electron chi connectivity index (χ2n) is 5.35. The summed E-state index contributed by atoms with van der Waals surface area (Å²) in [6, 6.07) is 7.87. The number of carbonyl (C=O) groups is 3. The summed E-state index contributed by atoms with van der Waals surface area (Å²) in [7, 11) is 0. The van der Waals surface area contributed by atoms with Crippen molar-refractivity contribution in [1.29, 1.82) is 0 Å². The van der Waals surface area contributed by atoms with E-state index in [9.17, 15) is 27.6 Å². The van der Waals surface area contributed by atoms with Crippen molar-refractivity contribution in [3.63, 3.8) is 0 Å². The molecular weight excluding hydrogens is 385 g/mol. The van der Waals surface area contributed by atoms with Gasteiger partial charge in [0.15, 0.2) is 5.78 Å². The van der Waals surface area contributed by atoms with Gasteiger partial charge in [-0.3, -0.25) is 14.4 Å². The summed E-state index contributed by atoms with van der Waals surface area (Å²) >= 11 is 1.32. The van der Waals surface area contributed by atoms with Crippen molar-refractivity contribution in [2.24, 2.45) is 0 Å². The second kappa shape index (κ2) is 8.67. The number of alkyl halides is 3. The van der Waals surface area contributed by atoms with Gasteiger partial charge in [0.05, 0.1) is 4.88 Å². The number of anilines is 1. The van der Waals surface area contributed by atoms with E-state index in [0.717, 1.165) is 17.0 Å². The van der Waals surface area contributed by atoms with Crippen molar-refractivity contribution >= 4 is 34.6 Å². The van der Waals surface area contributed by atoms with Gasteiger partial charge in [-0.2, -0.15) is 0 Å². The molecule has 27 heavy (non-hydrogen) atoms. The van der Waals surface area contributed by atoms with Gasteiger partial charge in [-0.05, 0) is 49.7 Å². The van der Waals surface area contributed by atoms with Gasteiger partial charge in [0.25, 0.3) is 0 Å². The molecule has 0 aliphatic rings. The van der Waals surface area contributed by atoms with Gasteiger partial charge in [0.1, 0.15) is 5.75 Å². The fourth-order valence-corrected chi connectivity index (χ4v) is 2.91. The number of ketones is 1. The van der Waals surface area contributed by atoms with Gasteiger partial charge in [0, 0.05) is 17.1 Å². The second-order valence-corrected chi connectivity index (χ2v) is 6.52. The van der Waals surface area contributed by atoms with Crippen molar-refractivity contribution in [2.45, 2.75) is 19.7 Å². The number of hydrogen-bond acceptors (Lipinski definition) is 5. The molecular formula is C17H15F3N2O4S. The number of ether oxygens (including phenoxy) is 1. The zero-order chi connectivity index (χ0) is 20.0. The maximum Gasteiger partial charge on any atom is 0.573 e. The van der Waals surface area contributed by atoms with E-state index in [-0.39, 0.29) is 18.0 Å². The summed E-state index contributed by atoms with van der Waals surface area (Å²) in [5.74, 6) is -2.31. The topological polar surface area (TPSA) is 84.5 Å². The van der Waals surface area contributed by atoms with Crippen LogP contribution in [0.3, 0.4) is 0 Å². The number of amides is 2. The lowest BCUT2D eigenvalue weighted by molar-refractivity contribution is -0.274. The molecule has 0 bridgehead atoms. The highest BCUT2D eigenvalue weighted by Crippen LogP contribution is 2.24. The maximum absolute atomic E-state index is 12.1. The van der Waals surface area contributed by atoms with Gasteiger partial charge < -0.3 is 15.4 Å². The monoisotopic (exact) mass is 400 g/mol. The first-order valence-corrected chi connectivity index (χ1v) is 8.50. The summed E-state index contributed by atoms with van der Waals surface area (Å²) in [6.07, 6.45) is -4.35. The Balaban J connectivity index is 1.79. The van der Waals surface area contributed by atoms with E-state index in [1.807, 2.05) is 0 Å². The van der Waals surface area contributed by atoms with Crippen LogP contribution in [0.15, 0.2) is 36.4 Å². The van der Waals surface area contributed by atoms with E-state index >= 15 is 0 Å². The number of carbonyl (C=O) groups excluding carboxylic acids is 3. The minimum absolute atomic E-state index is 0.0404.